The lowest BCUT2D eigenvalue weighted by molar-refractivity contribution is -0.936. The molecular weight excluding hydrogens is 350 g/mol. The second-order valence-electron chi connectivity index (χ2n) is 7.09. The minimum atomic E-state index is -0.311. The lowest BCUT2D eigenvalue weighted by atomic mass is 10.0. The second kappa shape index (κ2) is 7.45. The molecule has 3 rings (SSSR count). The molecule has 0 saturated carbocycles. The Morgan fingerprint density at radius 3 is 2.04 bits per heavy atom. The molecule has 142 valence electrons. The van der Waals surface area contributed by atoms with Crippen LogP contribution in [-0.2, 0) is 6.54 Å². The van der Waals surface area contributed by atoms with E-state index in [0.29, 0.717) is 5.58 Å². The van der Waals surface area contributed by atoms with Crippen molar-refractivity contribution in [1.29, 1.82) is 0 Å². The molecular formula is C21H28ClNO3. The summed E-state index contributed by atoms with van der Waals surface area (Å²) in [5, 5.41) is 2.14. The van der Waals surface area contributed by atoms with Crippen molar-refractivity contribution in [3.63, 3.8) is 0 Å². The maximum atomic E-state index is 11.8. The molecule has 0 aliphatic heterocycles. The summed E-state index contributed by atoms with van der Waals surface area (Å²) >= 11 is 0. The van der Waals surface area contributed by atoms with Crippen molar-refractivity contribution in [2.75, 3.05) is 19.6 Å². The molecule has 0 unspecified atom stereocenters. The van der Waals surface area contributed by atoms with Gasteiger partial charge < -0.3 is 25.7 Å². The highest BCUT2D eigenvalue weighted by molar-refractivity contribution is 5.99. The lowest BCUT2D eigenvalue weighted by Gasteiger charge is -2.35. The van der Waals surface area contributed by atoms with Crippen molar-refractivity contribution in [3.05, 3.63) is 45.0 Å². The van der Waals surface area contributed by atoms with Crippen LogP contribution in [0.15, 0.2) is 25.8 Å². The quantitative estimate of drug-likeness (QED) is 0.503. The van der Waals surface area contributed by atoms with Crippen LogP contribution >= 0.6 is 0 Å². The Balaban J connectivity index is 0.00000243. The first-order valence-electron chi connectivity index (χ1n) is 9.17. The summed E-state index contributed by atoms with van der Waals surface area (Å²) in [5.41, 5.74) is 4.30. The van der Waals surface area contributed by atoms with Gasteiger partial charge in [0.1, 0.15) is 23.5 Å². The molecule has 0 saturated heterocycles. The number of halogens is 1. The van der Waals surface area contributed by atoms with E-state index < -0.39 is 0 Å². The van der Waals surface area contributed by atoms with Crippen LogP contribution in [0.4, 0.5) is 0 Å². The minimum Gasteiger partial charge on any atom is -1.00 e. The first-order chi connectivity index (χ1) is 11.9. The van der Waals surface area contributed by atoms with E-state index in [2.05, 4.69) is 26.8 Å². The van der Waals surface area contributed by atoms with Crippen molar-refractivity contribution < 1.29 is 25.7 Å². The molecule has 0 amide bonds. The van der Waals surface area contributed by atoms with Crippen LogP contribution < -0.4 is 18.0 Å². The summed E-state index contributed by atoms with van der Waals surface area (Å²) in [4.78, 5) is 11.8. The normalized spacial score (nSPS) is 11.9. The van der Waals surface area contributed by atoms with Crippen LogP contribution in [0.2, 0.25) is 0 Å². The third kappa shape index (κ3) is 3.17. The average molecular weight is 378 g/mol. The van der Waals surface area contributed by atoms with Crippen molar-refractivity contribution >= 4 is 21.9 Å². The van der Waals surface area contributed by atoms with Gasteiger partial charge in [-0.05, 0) is 53.2 Å². The van der Waals surface area contributed by atoms with Crippen LogP contribution in [-0.4, -0.2) is 24.1 Å². The molecule has 4 nitrogen and oxygen atoms in total. The molecule has 0 bridgehead atoms. The van der Waals surface area contributed by atoms with Crippen LogP contribution in [0.1, 0.15) is 43.2 Å². The van der Waals surface area contributed by atoms with E-state index >= 15 is 0 Å². The molecule has 0 aliphatic rings. The Hall–Kier alpha value is -1.78. The van der Waals surface area contributed by atoms with Gasteiger partial charge in [0.15, 0.2) is 0 Å². The standard InChI is InChI=1S/C21H28NO3.ClH/c1-7-22(8-2,9-3)12-18-15(6)24-21-14(5)20-16(11-17(18)21)13(4)10-19(23)25-20;/h10-11H,7-9,12H2,1-6H3;1H/q+1;/p-1. The molecule has 0 atom stereocenters. The van der Waals surface area contributed by atoms with Crippen molar-refractivity contribution in [3.8, 4) is 0 Å². The summed E-state index contributed by atoms with van der Waals surface area (Å²) in [6.45, 7) is 17.0. The molecule has 1 aromatic carbocycles. The van der Waals surface area contributed by atoms with Crippen molar-refractivity contribution in [1.82, 2.24) is 0 Å². The molecule has 3 aromatic rings. The number of fused-ring (bicyclic) bond motifs is 2. The molecule has 0 aliphatic carbocycles. The summed E-state index contributed by atoms with van der Waals surface area (Å²) in [7, 11) is 0. The number of hydrogen-bond donors (Lipinski definition) is 0. The predicted octanol–water partition coefficient (Wildman–Crippen LogP) is 1.84. The highest BCUT2D eigenvalue weighted by Crippen LogP contribution is 2.35. The van der Waals surface area contributed by atoms with Crippen LogP contribution in [0, 0.1) is 20.8 Å². The van der Waals surface area contributed by atoms with E-state index in [4.69, 9.17) is 8.83 Å². The summed E-state index contributed by atoms with van der Waals surface area (Å²) in [6.07, 6.45) is 0. The van der Waals surface area contributed by atoms with Gasteiger partial charge in [-0.25, -0.2) is 4.79 Å². The zero-order chi connectivity index (χ0) is 18.4. The predicted molar refractivity (Wildman–Crippen MR) is 102 cm³/mol. The monoisotopic (exact) mass is 377 g/mol. The zero-order valence-corrected chi connectivity index (χ0v) is 17.3. The summed E-state index contributed by atoms with van der Waals surface area (Å²) < 4.78 is 12.6. The first-order valence-corrected chi connectivity index (χ1v) is 9.17. The third-order valence-electron chi connectivity index (χ3n) is 5.93. The van der Waals surface area contributed by atoms with Gasteiger partial charge in [-0.2, -0.15) is 0 Å². The SMILES string of the molecule is CC[N+](CC)(CC)Cc1c(C)oc2c(C)c3oc(=O)cc(C)c3cc12.[Cl-]. The molecule has 0 fully saturated rings. The number of nitrogens with zero attached hydrogens (tertiary/aromatic N) is 1. The van der Waals surface area contributed by atoms with E-state index in [9.17, 15) is 4.79 Å². The number of furan rings is 1. The Labute approximate surface area is 160 Å². The third-order valence-corrected chi connectivity index (χ3v) is 5.93. The van der Waals surface area contributed by atoms with E-state index in [1.807, 2.05) is 20.8 Å². The Kier molecular flexibility index (Phi) is 5.89. The lowest BCUT2D eigenvalue weighted by Crippen LogP contribution is -3.00. The van der Waals surface area contributed by atoms with Crippen LogP contribution in [0.25, 0.3) is 21.9 Å². The summed E-state index contributed by atoms with van der Waals surface area (Å²) in [5.74, 6) is 0.964. The van der Waals surface area contributed by atoms with Gasteiger partial charge in [0.2, 0.25) is 0 Å². The van der Waals surface area contributed by atoms with Gasteiger partial charge in [0.25, 0.3) is 0 Å². The molecule has 2 aromatic heterocycles. The van der Waals surface area contributed by atoms with Gasteiger partial charge in [-0.1, -0.05) is 0 Å². The Morgan fingerprint density at radius 1 is 0.885 bits per heavy atom. The minimum absolute atomic E-state index is 0. The van der Waals surface area contributed by atoms with Crippen molar-refractivity contribution in [2.45, 2.75) is 48.1 Å². The maximum absolute atomic E-state index is 11.8. The first kappa shape index (κ1) is 20.5. The van der Waals surface area contributed by atoms with E-state index in [1.165, 1.54) is 5.56 Å². The second-order valence-corrected chi connectivity index (χ2v) is 7.09. The fraction of sp³-hybridized carbons (Fsp3) is 0.476. The number of rotatable bonds is 5. The largest absolute Gasteiger partial charge is 1.00 e. The van der Waals surface area contributed by atoms with Crippen LogP contribution in [0.3, 0.4) is 0 Å². The van der Waals surface area contributed by atoms with E-state index in [1.54, 1.807) is 6.07 Å². The average Bonchev–Trinajstić information content (AvgIpc) is 2.90. The number of hydrogen-bond acceptors (Lipinski definition) is 3. The smallest absolute Gasteiger partial charge is 0.336 e. The van der Waals surface area contributed by atoms with E-state index in [0.717, 1.165) is 63.9 Å². The fourth-order valence-electron chi connectivity index (χ4n) is 3.89. The van der Waals surface area contributed by atoms with E-state index in [-0.39, 0.29) is 18.0 Å². The topological polar surface area (TPSA) is 43.4 Å². The molecule has 2 heterocycles. The van der Waals surface area contributed by atoms with Gasteiger partial charge >= 0.3 is 5.63 Å². The van der Waals surface area contributed by atoms with Crippen molar-refractivity contribution in [2.24, 2.45) is 0 Å². The molecule has 0 radical (unpaired) electrons. The Bertz CT molecular complexity index is 988. The van der Waals surface area contributed by atoms with Crippen LogP contribution in [0.5, 0.6) is 0 Å². The van der Waals surface area contributed by atoms with Gasteiger partial charge in [0.05, 0.1) is 25.2 Å². The molecule has 5 heteroatoms. The van der Waals surface area contributed by atoms with Gasteiger partial charge in [0, 0.05) is 22.4 Å². The molecule has 0 N–H and O–H groups in total. The van der Waals surface area contributed by atoms with Gasteiger partial charge in [-0.3, -0.25) is 0 Å². The van der Waals surface area contributed by atoms with Gasteiger partial charge in [-0.15, -0.1) is 0 Å². The number of benzene rings is 1. The fourth-order valence-corrected chi connectivity index (χ4v) is 3.89. The maximum Gasteiger partial charge on any atom is 0.336 e. The Morgan fingerprint density at radius 2 is 1.46 bits per heavy atom. The molecule has 26 heavy (non-hydrogen) atoms. The number of quaternary nitrogens is 1. The highest BCUT2D eigenvalue weighted by atomic mass is 35.5. The number of aryl methyl sites for hydroxylation is 3. The zero-order valence-electron chi connectivity index (χ0n) is 16.5. The highest BCUT2D eigenvalue weighted by Gasteiger charge is 2.26. The molecule has 0 spiro atoms. The summed E-state index contributed by atoms with van der Waals surface area (Å²) in [6, 6.07) is 3.70.